The molecule has 13 nitrogen and oxygen atoms in total. The molecule has 1 saturated heterocycles. The molecule has 1 aliphatic carbocycles. The van der Waals surface area contributed by atoms with Crippen LogP contribution in [0.2, 0.25) is 0 Å². The number of amides is 1. The highest BCUT2D eigenvalue weighted by Gasteiger charge is 2.35. The molecule has 5 rings (SSSR count). The Morgan fingerprint density at radius 3 is 2.46 bits per heavy atom. The number of aliphatic hydroxyl groups is 1. The summed E-state index contributed by atoms with van der Waals surface area (Å²) in [5.74, 6) is -0.0577. The zero-order valence-electron chi connectivity index (χ0n) is 18.3. The van der Waals surface area contributed by atoms with E-state index >= 15 is 0 Å². The van der Waals surface area contributed by atoms with Crippen LogP contribution in [0.25, 0.3) is 22.6 Å². The molecule has 2 aromatic heterocycles. The Labute approximate surface area is 198 Å². The van der Waals surface area contributed by atoms with Crippen LogP contribution in [-0.4, -0.2) is 69.8 Å². The first kappa shape index (κ1) is 24.8. The number of tetrazole rings is 1. The lowest BCUT2D eigenvalue weighted by atomic mass is 10.1. The fourth-order valence-corrected chi connectivity index (χ4v) is 3.33. The van der Waals surface area contributed by atoms with Crippen molar-refractivity contribution in [3.63, 3.8) is 0 Å². The van der Waals surface area contributed by atoms with Crippen LogP contribution in [0.5, 0.6) is 0 Å². The molecular formula is C20H22FN6O7P. The van der Waals surface area contributed by atoms with Gasteiger partial charge in [0.05, 0.1) is 24.4 Å². The summed E-state index contributed by atoms with van der Waals surface area (Å²) in [5.41, 5.74) is 1.87. The number of cyclic esters (lactones) is 1. The Balaban J connectivity index is 0.000000527. The highest BCUT2D eigenvalue weighted by Crippen LogP contribution is 2.33. The van der Waals surface area contributed by atoms with E-state index in [1.807, 2.05) is 0 Å². The molecule has 2 unspecified atom stereocenters. The second-order valence-electron chi connectivity index (χ2n) is 8.05. The number of halogens is 1. The normalized spacial score (nSPS) is 18.6. The summed E-state index contributed by atoms with van der Waals surface area (Å²) >= 11 is 0. The molecule has 1 amide bonds. The number of anilines is 1. The molecule has 4 N–H and O–H groups in total. The molecule has 0 radical (unpaired) electrons. The van der Waals surface area contributed by atoms with Crippen LogP contribution in [0.3, 0.4) is 0 Å². The van der Waals surface area contributed by atoms with Gasteiger partial charge in [-0.05, 0) is 49.2 Å². The third kappa shape index (κ3) is 6.24. The first-order valence-corrected chi connectivity index (χ1v) is 12.1. The highest BCUT2D eigenvalue weighted by atomic mass is 31.2. The number of benzene rings is 1. The minimum atomic E-state index is -4.64. The van der Waals surface area contributed by atoms with E-state index in [4.69, 9.17) is 24.0 Å². The lowest BCUT2D eigenvalue weighted by molar-refractivity contribution is 0.0437. The van der Waals surface area contributed by atoms with Crippen molar-refractivity contribution in [3.05, 3.63) is 42.3 Å². The van der Waals surface area contributed by atoms with E-state index in [0.29, 0.717) is 34.4 Å². The number of carbonyl (C=O) groups excluding carboxylic acids is 1. The van der Waals surface area contributed by atoms with Crippen LogP contribution < -0.4 is 4.90 Å². The largest absolute Gasteiger partial charge is 0.466 e. The fourth-order valence-electron chi connectivity index (χ4n) is 3.33. The van der Waals surface area contributed by atoms with E-state index in [1.54, 1.807) is 42.2 Å². The summed E-state index contributed by atoms with van der Waals surface area (Å²) < 4.78 is 28.8. The summed E-state index contributed by atoms with van der Waals surface area (Å²) in [7, 11) is -4.64. The van der Waals surface area contributed by atoms with E-state index in [9.17, 15) is 14.3 Å². The van der Waals surface area contributed by atoms with Crippen molar-refractivity contribution in [1.29, 1.82) is 0 Å². The van der Waals surface area contributed by atoms with Crippen molar-refractivity contribution in [1.82, 2.24) is 25.2 Å². The standard InChI is InChI=1S/C20H19FN6O3.H3O4P/c1-11(28)18-10-26(20(29)30-18)14-5-6-15(16(21)8-14)12-2-7-17(22-9-12)19-23-25-27(24-19)13-3-4-13;1-5(2,3)4/h2,5-9,11,13,18,28H,3-4,10H2,1H3;(H3,1,2,3,4). The second kappa shape index (κ2) is 9.76. The van der Waals surface area contributed by atoms with Gasteiger partial charge in [-0.25, -0.2) is 13.8 Å². The summed E-state index contributed by atoms with van der Waals surface area (Å²) in [5, 5.41) is 22.0. The molecule has 2 aliphatic rings. The average molecular weight is 508 g/mol. The predicted molar refractivity (Wildman–Crippen MR) is 118 cm³/mol. The van der Waals surface area contributed by atoms with E-state index < -0.39 is 31.9 Å². The molecule has 3 aromatic rings. The number of aliphatic hydroxyl groups excluding tert-OH is 1. The molecule has 35 heavy (non-hydrogen) atoms. The Hall–Kier alpha value is -3.29. The molecular weight excluding hydrogens is 486 g/mol. The van der Waals surface area contributed by atoms with E-state index in [1.165, 1.54) is 11.0 Å². The minimum absolute atomic E-state index is 0.167. The first-order valence-electron chi connectivity index (χ1n) is 10.5. The molecule has 0 bridgehead atoms. The van der Waals surface area contributed by atoms with Gasteiger partial charge in [0.15, 0.2) is 0 Å². The smallest absolute Gasteiger partial charge is 0.441 e. The molecule has 1 aliphatic heterocycles. The Kier molecular flexibility index (Phi) is 6.92. The van der Waals surface area contributed by atoms with E-state index in [-0.39, 0.29) is 6.54 Å². The maximum absolute atomic E-state index is 14.8. The topological polar surface area (TPSA) is 184 Å². The number of nitrogens with zero attached hydrogens (tertiary/aromatic N) is 6. The van der Waals surface area contributed by atoms with Gasteiger partial charge >= 0.3 is 13.9 Å². The molecule has 186 valence electrons. The predicted octanol–water partition coefficient (Wildman–Crippen LogP) is 1.65. The summed E-state index contributed by atoms with van der Waals surface area (Å²) in [6, 6.07) is 8.31. The number of aromatic nitrogens is 5. The van der Waals surface area contributed by atoms with Crippen molar-refractivity contribution < 1.29 is 38.3 Å². The Morgan fingerprint density at radius 1 is 1.20 bits per heavy atom. The van der Waals surface area contributed by atoms with Gasteiger partial charge in [-0.2, -0.15) is 4.80 Å². The number of pyridine rings is 1. The zero-order chi connectivity index (χ0) is 25.3. The number of hydrogen-bond acceptors (Lipinski definition) is 8. The van der Waals surface area contributed by atoms with Gasteiger partial charge in [0, 0.05) is 17.3 Å². The van der Waals surface area contributed by atoms with Gasteiger partial charge in [-0.15, -0.1) is 10.2 Å². The van der Waals surface area contributed by atoms with Gasteiger partial charge in [-0.1, -0.05) is 6.07 Å². The molecule has 2 fully saturated rings. The SMILES string of the molecule is CC(O)C1CN(c2ccc(-c3ccc(-c4nnn(C5CC5)n4)nc3)c(F)c2)C(=O)O1.O=P(O)(O)O. The van der Waals surface area contributed by atoms with Crippen LogP contribution in [0.4, 0.5) is 14.9 Å². The van der Waals surface area contributed by atoms with Crippen LogP contribution in [-0.2, 0) is 9.30 Å². The molecule has 3 heterocycles. The first-order chi connectivity index (χ1) is 16.5. The van der Waals surface area contributed by atoms with Gasteiger partial charge in [-0.3, -0.25) is 9.88 Å². The molecule has 15 heteroatoms. The van der Waals surface area contributed by atoms with Crippen molar-refractivity contribution in [2.24, 2.45) is 0 Å². The lowest BCUT2D eigenvalue weighted by Crippen LogP contribution is -2.29. The third-order valence-corrected chi connectivity index (χ3v) is 5.24. The monoisotopic (exact) mass is 508 g/mol. The number of ether oxygens (including phenoxy) is 1. The highest BCUT2D eigenvalue weighted by molar-refractivity contribution is 7.45. The van der Waals surface area contributed by atoms with Crippen LogP contribution in [0.15, 0.2) is 36.5 Å². The number of rotatable bonds is 5. The van der Waals surface area contributed by atoms with Gasteiger partial charge < -0.3 is 24.5 Å². The average Bonchev–Trinajstić information content (AvgIpc) is 3.37. The van der Waals surface area contributed by atoms with Crippen molar-refractivity contribution in [2.45, 2.75) is 38.0 Å². The minimum Gasteiger partial charge on any atom is -0.441 e. The summed E-state index contributed by atoms with van der Waals surface area (Å²) in [4.78, 5) is 40.8. The number of hydrogen-bond donors (Lipinski definition) is 4. The third-order valence-electron chi connectivity index (χ3n) is 5.24. The molecule has 1 saturated carbocycles. The van der Waals surface area contributed by atoms with Gasteiger partial charge in [0.2, 0.25) is 5.82 Å². The number of carbonyl (C=O) groups is 1. The number of phosphoric acid groups is 1. The lowest BCUT2D eigenvalue weighted by Gasteiger charge is -2.15. The van der Waals surface area contributed by atoms with Crippen molar-refractivity contribution in [2.75, 3.05) is 11.4 Å². The second-order valence-corrected chi connectivity index (χ2v) is 9.07. The van der Waals surface area contributed by atoms with Gasteiger partial charge in [0.25, 0.3) is 0 Å². The fraction of sp³-hybridized carbons (Fsp3) is 0.350. The maximum atomic E-state index is 14.8. The van der Waals surface area contributed by atoms with Crippen LogP contribution >= 0.6 is 7.82 Å². The molecule has 0 spiro atoms. The van der Waals surface area contributed by atoms with Crippen molar-refractivity contribution in [3.8, 4) is 22.6 Å². The van der Waals surface area contributed by atoms with E-state index in [2.05, 4.69) is 20.4 Å². The molecule has 2 atom stereocenters. The quantitative estimate of drug-likeness (QED) is 0.368. The summed E-state index contributed by atoms with van der Waals surface area (Å²) in [6.45, 7) is 1.71. The van der Waals surface area contributed by atoms with Crippen molar-refractivity contribution >= 4 is 19.6 Å². The zero-order valence-corrected chi connectivity index (χ0v) is 19.2. The van der Waals surface area contributed by atoms with Crippen LogP contribution in [0, 0.1) is 5.82 Å². The Bertz CT molecular complexity index is 1250. The molecule has 1 aromatic carbocycles. The Morgan fingerprint density at radius 2 is 1.91 bits per heavy atom. The van der Waals surface area contributed by atoms with E-state index in [0.717, 1.165) is 12.8 Å². The maximum Gasteiger partial charge on any atom is 0.466 e. The van der Waals surface area contributed by atoms with Crippen LogP contribution in [0.1, 0.15) is 25.8 Å². The van der Waals surface area contributed by atoms with Gasteiger partial charge in [0.1, 0.15) is 17.6 Å². The summed E-state index contributed by atoms with van der Waals surface area (Å²) in [6.07, 6.45) is 1.64.